The van der Waals surface area contributed by atoms with Gasteiger partial charge in [-0.3, -0.25) is 0 Å². The van der Waals surface area contributed by atoms with Crippen molar-refractivity contribution in [1.82, 2.24) is 0 Å². The molecule has 0 fully saturated rings. The third kappa shape index (κ3) is 3.51. The predicted molar refractivity (Wildman–Crippen MR) is 52.6 cm³/mol. The molecule has 0 aromatic carbocycles. The highest BCUT2D eigenvalue weighted by atomic mass is 19.1. The van der Waals surface area contributed by atoms with Gasteiger partial charge in [-0.2, -0.15) is 0 Å². The molecule has 1 heteroatoms. The average molecular weight is 168 g/mol. The van der Waals surface area contributed by atoms with Crippen molar-refractivity contribution in [2.24, 2.45) is 5.92 Å². The van der Waals surface area contributed by atoms with Crippen molar-refractivity contribution in [3.8, 4) is 0 Å². The summed E-state index contributed by atoms with van der Waals surface area (Å²) in [4.78, 5) is 0. The highest BCUT2D eigenvalue weighted by Gasteiger charge is 2.09. The molecule has 1 atom stereocenters. The third-order valence-corrected chi connectivity index (χ3v) is 1.90. The van der Waals surface area contributed by atoms with Crippen LogP contribution >= 0.6 is 0 Å². The summed E-state index contributed by atoms with van der Waals surface area (Å²) in [7, 11) is 0. The van der Waals surface area contributed by atoms with Crippen LogP contribution in [0.25, 0.3) is 0 Å². The Morgan fingerprint density at radius 3 is 2.67 bits per heavy atom. The molecule has 0 amide bonds. The maximum Gasteiger partial charge on any atom is 0.103 e. The fraction of sp³-hybridized carbons (Fsp3) is 0.455. The molecule has 1 rings (SSSR count). The Labute approximate surface area is 74.5 Å². The molecule has 0 heterocycles. The first-order valence-corrected chi connectivity index (χ1v) is 4.24. The van der Waals surface area contributed by atoms with Gasteiger partial charge in [0.1, 0.15) is 5.83 Å². The number of halogens is 1. The van der Waals surface area contributed by atoms with Gasteiger partial charge in [0, 0.05) is 5.92 Å². The van der Waals surface area contributed by atoms with Crippen LogP contribution in [0.3, 0.4) is 0 Å². The lowest BCUT2D eigenvalue weighted by Crippen LogP contribution is -1.91. The molecule has 12 heavy (non-hydrogen) atoms. The minimum atomic E-state index is 0.0336. The van der Waals surface area contributed by atoms with Gasteiger partial charge in [0.25, 0.3) is 0 Å². The molecule has 0 aromatic heterocycles. The second-order valence-corrected chi connectivity index (χ2v) is 2.96. The monoisotopic (exact) mass is 168 g/mol. The van der Waals surface area contributed by atoms with E-state index in [4.69, 9.17) is 0 Å². The van der Waals surface area contributed by atoms with E-state index in [0.717, 1.165) is 18.4 Å². The summed E-state index contributed by atoms with van der Waals surface area (Å²) >= 11 is 0. The summed E-state index contributed by atoms with van der Waals surface area (Å²) < 4.78 is 12.9. The van der Waals surface area contributed by atoms with Crippen LogP contribution < -0.4 is 0 Å². The molecule has 0 N–H and O–H groups in total. The standard InChI is InChI=1S/C9H13F.C2H4/c1-7-4-3-5-8(2)9(10)6-7;1-2/h4,6,8H,3,5H2,1-2H3;1-2H2. The first-order chi connectivity index (χ1) is 5.70. The summed E-state index contributed by atoms with van der Waals surface area (Å²) in [5.74, 6) is 0.153. The fourth-order valence-corrected chi connectivity index (χ4v) is 1.12. The number of allylic oxidation sites excluding steroid dienone is 4. The molecule has 0 bridgehead atoms. The molecule has 68 valence electrons. The second-order valence-electron chi connectivity index (χ2n) is 2.96. The van der Waals surface area contributed by atoms with Crippen molar-refractivity contribution in [3.63, 3.8) is 0 Å². The molecule has 0 aromatic rings. The smallest absolute Gasteiger partial charge is 0.103 e. The van der Waals surface area contributed by atoms with Crippen LogP contribution in [0.2, 0.25) is 0 Å². The van der Waals surface area contributed by atoms with Crippen molar-refractivity contribution >= 4 is 0 Å². The molecular formula is C11H17F. The Kier molecular flexibility index (Phi) is 5.35. The Morgan fingerprint density at radius 2 is 2.08 bits per heavy atom. The van der Waals surface area contributed by atoms with Crippen molar-refractivity contribution in [2.75, 3.05) is 0 Å². The summed E-state index contributed by atoms with van der Waals surface area (Å²) in [6.45, 7) is 9.87. The summed E-state index contributed by atoms with van der Waals surface area (Å²) in [6, 6.07) is 0. The largest absolute Gasteiger partial charge is 0.212 e. The fourth-order valence-electron chi connectivity index (χ4n) is 1.12. The van der Waals surface area contributed by atoms with E-state index in [9.17, 15) is 4.39 Å². The van der Waals surface area contributed by atoms with Gasteiger partial charge in [0.05, 0.1) is 0 Å². The van der Waals surface area contributed by atoms with E-state index >= 15 is 0 Å². The van der Waals surface area contributed by atoms with Crippen LogP contribution in [-0.4, -0.2) is 0 Å². The lowest BCUT2D eigenvalue weighted by atomic mass is 10.1. The lowest BCUT2D eigenvalue weighted by molar-refractivity contribution is 0.474. The molecule has 0 saturated carbocycles. The minimum absolute atomic E-state index is 0.0336. The van der Waals surface area contributed by atoms with E-state index in [-0.39, 0.29) is 11.7 Å². The van der Waals surface area contributed by atoms with E-state index in [1.165, 1.54) is 0 Å². The number of hydrogen-bond donors (Lipinski definition) is 0. The van der Waals surface area contributed by atoms with Gasteiger partial charge in [-0.25, -0.2) is 4.39 Å². The van der Waals surface area contributed by atoms with Gasteiger partial charge < -0.3 is 0 Å². The van der Waals surface area contributed by atoms with Crippen LogP contribution in [0.15, 0.2) is 36.7 Å². The van der Waals surface area contributed by atoms with E-state index in [0.29, 0.717) is 0 Å². The van der Waals surface area contributed by atoms with Crippen LogP contribution in [0.1, 0.15) is 26.7 Å². The topological polar surface area (TPSA) is 0 Å². The third-order valence-electron chi connectivity index (χ3n) is 1.90. The lowest BCUT2D eigenvalue weighted by Gasteiger charge is -2.03. The Morgan fingerprint density at radius 1 is 1.50 bits per heavy atom. The van der Waals surface area contributed by atoms with Crippen LogP contribution in [-0.2, 0) is 0 Å². The Bertz CT molecular complexity index is 189. The SMILES string of the molecule is C=C.CC1=CCCC(C)C(F)=C1. The minimum Gasteiger partial charge on any atom is -0.212 e. The summed E-state index contributed by atoms with van der Waals surface area (Å²) in [5.41, 5.74) is 1.06. The molecule has 0 aliphatic heterocycles. The summed E-state index contributed by atoms with van der Waals surface area (Å²) in [6.07, 6.45) is 5.68. The summed E-state index contributed by atoms with van der Waals surface area (Å²) in [5, 5.41) is 0. The first-order valence-electron chi connectivity index (χ1n) is 4.24. The maximum atomic E-state index is 12.9. The quantitative estimate of drug-likeness (QED) is 0.479. The first kappa shape index (κ1) is 11.2. The van der Waals surface area contributed by atoms with E-state index < -0.39 is 0 Å². The van der Waals surface area contributed by atoms with Gasteiger partial charge in [0.15, 0.2) is 0 Å². The Hall–Kier alpha value is -0.850. The van der Waals surface area contributed by atoms with E-state index in [1.807, 2.05) is 13.8 Å². The van der Waals surface area contributed by atoms with Crippen molar-refractivity contribution in [3.05, 3.63) is 36.7 Å². The van der Waals surface area contributed by atoms with Crippen LogP contribution in [0, 0.1) is 5.92 Å². The van der Waals surface area contributed by atoms with Crippen molar-refractivity contribution in [2.45, 2.75) is 26.7 Å². The van der Waals surface area contributed by atoms with Gasteiger partial charge in [0.2, 0.25) is 0 Å². The molecule has 0 nitrogen and oxygen atoms in total. The zero-order valence-corrected chi connectivity index (χ0v) is 7.94. The highest BCUT2D eigenvalue weighted by molar-refractivity contribution is 5.21. The highest BCUT2D eigenvalue weighted by Crippen LogP contribution is 2.23. The zero-order chi connectivity index (χ0) is 9.56. The van der Waals surface area contributed by atoms with Crippen molar-refractivity contribution < 1.29 is 4.39 Å². The molecule has 1 unspecified atom stereocenters. The van der Waals surface area contributed by atoms with Gasteiger partial charge >= 0.3 is 0 Å². The van der Waals surface area contributed by atoms with Gasteiger partial charge in [-0.1, -0.05) is 18.6 Å². The van der Waals surface area contributed by atoms with E-state index in [2.05, 4.69) is 19.2 Å². The normalized spacial score (nSPS) is 22.8. The number of rotatable bonds is 0. The molecule has 1 aliphatic rings. The van der Waals surface area contributed by atoms with Crippen LogP contribution in [0.5, 0.6) is 0 Å². The molecule has 0 spiro atoms. The molecular weight excluding hydrogens is 151 g/mol. The van der Waals surface area contributed by atoms with Crippen molar-refractivity contribution in [1.29, 1.82) is 0 Å². The van der Waals surface area contributed by atoms with E-state index in [1.54, 1.807) is 6.08 Å². The number of hydrogen-bond acceptors (Lipinski definition) is 0. The Balaban J connectivity index is 0.000000561. The average Bonchev–Trinajstić information content (AvgIpc) is 2.19. The van der Waals surface area contributed by atoms with Gasteiger partial charge in [-0.15, -0.1) is 13.2 Å². The van der Waals surface area contributed by atoms with Crippen LogP contribution in [0.4, 0.5) is 4.39 Å². The van der Waals surface area contributed by atoms with Gasteiger partial charge in [-0.05, 0) is 25.8 Å². The maximum absolute atomic E-state index is 12.9. The molecule has 1 aliphatic carbocycles. The molecule has 0 radical (unpaired) electrons. The second kappa shape index (κ2) is 5.76. The predicted octanol–water partition coefficient (Wildman–Crippen LogP) is 4.02. The zero-order valence-electron chi connectivity index (χ0n) is 7.94. The molecule has 0 saturated heterocycles.